The Balaban J connectivity index is 2.60. The van der Waals surface area contributed by atoms with Crippen molar-refractivity contribution >= 4 is 5.88 Å². The summed E-state index contributed by atoms with van der Waals surface area (Å²) in [6, 6.07) is 3.82. The summed E-state index contributed by atoms with van der Waals surface area (Å²) in [5, 5.41) is 3.91. The molecule has 0 saturated carbocycles. The SMILES string of the molecule is Cc1ncccc1-c1noc(N)c1C. The highest BCUT2D eigenvalue weighted by atomic mass is 16.5. The molecule has 2 heterocycles. The van der Waals surface area contributed by atoms with Crippen molar-refractivity contribution in [2.24, 2.45) is 0 Å². The van der Waals surface area contributed by atoms with Crippen LogP contribution in [0.4, 0.5) is 5.88 Å². The molecule has 2 aromatic heterocycles. The molecule has 0 saturated heterocycles. The lowest BCUT2D eigenvalue weighted by atomic mass is 10.1. The quantitative estimate of drug-likeness (QED) is 0.744. The Bertz CT molecular complexity index is 462. The molecule has 2 rings (SSSR count). The highest BCUT2D eigenvalue weighted by Gasteiger charge is 2.12. The largest absolute Gasteiger partial charge is 0.367 e. The van der Waals surface area contributed by atoms with Gasteiger partial charge in [-0.3, -0.25) is 4.98 Å². The maximum atomic E-state index is 5.58. The van der Waals surface area contributed by atoms with E-state index in [1.54, 1.807) is 6.20 Å². The molecule has 2 N–H and O–H groups in total. The molecule has 0 amide bonds. The van der Waals surface area contributed by atoms with Crippen LogP contribution in [0.1, 0.15) is 11.3 Å². The summed E-state index contributed by atoms with van der Waals surface area (Å²) in [6.45, 7) is 3.81. The van der Waals surface area contributed by atoms with Crippen LogP contribution in [0.5, 0.6) is 0 Å². The number of nitrogen functional groups attached to an aromatic ring is 1. The smallest absolute Gasteiger partial charge is 0.225 e. The number of rotatable bonds is 1. The topological polar surface area (TPSA) is 64.9 Å². The standard InChI is InChI=1S/C10H11N3O/c1-6-9(13-14-10(6)11)8-4-3-5-12-7(8)2/h3-5H,11H2,1-2H3. The first-order chi connectivity index (χ1) is 6.70. The van der Waals surface area contributed by atoms with Crippen LogP contribution in [0.25, 0.3) is 11.3 Å². The fourth-order valence-electron chi connectivity index (χ4n) is 1.33. The third-order valence-electron chi connectivity index (χ3n) is 2.22. The third-order valence-corrected chi connectivity index (χ3v) is 2.22. The molecular weight excluding hydrogens is 178 g/mol. The van der Waals surface area contributed by atoms with Crippen molar-refractivity contribution < 1.29 is 4.52 Å². The predicted molar refractivity (Wildman–Crippen MR) is 53.6 cm³/mol. The second-order valence-corrected chi connectivity index (χ2v) is 3.16. The summed E-state index contributed by atoms with van der Waals surface area (Å²) in [7, 11) is 0. The Morgan fingerprint density at radius 1 is 1.36 bits per heavy atom. The molecule has 0 bridgehead atoms. The molecule has 0 unspecified atom stereocenters. The van der Waals surface area contributed by atoms with Crippen LogP contribution in [0, 0.1) is 13.8 Å². The third kappa shape index (κ3) is 1.25. The Hall–Kier alpha value is -1.84. The second kappa shape index (κ2) is 3.14. The van der Waals surface area contributed by atoms with Gasteiger partial charge >= 0.3 is 0 Å². The van der Waals surface area contributed by atoms with Gasteiger partial charge in [-0.2, -0.15) is 0 Å². The normalized spacial score (nSPS) is 10.4. The molecule has 72 valence electrons. The van der Waals surface area contributed by atoms with E-state index < -0.39 is 0 Å². The Morgan fingerprint density at radius 3 is 2.71 bits per heavy atom. The minimum Gasteiger partial charge on any atom is -0.367 e. The van der Waals surface area contributed by atoms with E-state index in [1.165, 1.54) is 0 Å². The fourth-order valence-corrected chi connectivity index (χ4v) is 1.33. The molecule has 4 heteroatoms. The summed E-state index contributed by atoms with van der Waals surface area (Å²) in [4.78, 5) is 4.18. The lowest BCUT2D eigenvalue weighted by molar-refractivity contribution is 0.439. The van der Waals surface area contributed by atoms with Crippen LogP contribution in [0.3, 0.4) is 0 Å². The lowest BCUT2D eigenvalue weighted by Crippen LogP contribution is -1.89. The molecule has 4 nitrogen and oxygen atoms in total. The Labute approximate surface area is 81.7 Å². The maximum absolute atomic E-state index is 5.58. The summed E-state index contributed by atoms with van der Waals surface area (Å²) >= 11 is 0. The van der Waals surface area contributed by atoms with Crippen LogP contribution in [-0.4, -0.2) is 10.1 Å². The number of hydrogen-bond acceptors (Lipinski definition) is 4. The van der Waals surface area contributed by atoms with Crippen molar-refractivity contribution in [1.29, 1.82) is 0 Å². The molecule has 14 heavy (non-hydrogen) atoms. The van der Waals surface area contributed by atoms with Crippen molar-refractivity contribution in [3.8, 4) is 11.3 Å². The number of nitrogens with zero attached hydrogens (tertiary/aromatic N) is 2. The van der Waals surface area contributed by atoms with Crippen LogP contribution in [-0.2, 0) is 0 Å². The minimum absolute atomic E-state index is 0.364. The fraction of sp³-hybridized carbons (Fsp3) is 0.200. The van der Waals surface area contributed by atoms with Crippen molar-refractivity contribution in [3.05, 3.63) is 29.6 Å². The van der Waals surface area contributed by atoms with Gasteiger partial charge in [0, 0.05) is 23.0 Å². The molecule has 0 fully saturated rings. The van der Waals surface area contributed by atoms with E-state index in [-0.39, 0.29) is 0 Å². The molecule has 0 aromatic carbocycles. The first kappa shape index (κ1) is 8.74. The van der Waals surface area contributed by atoms with Crippen LogP contribution >= 0.6 is 0 Å². The van der Waals surface area contributed by atoms with Gasteiger partial charge in [0.2, 0.25) is 5.88 Å². The van der Waals surface area contributed by atoms with Gasteiger partial charge < -0.3 is 10.3 Å². The summed E-state index contributed by atoms with van der Waals surface area (Å²) in [5.74, 6) is 0.364. The van der Waals surface area contributed by atoms with E-state index in [9.17, 15) is 0 Å². The first-order valence-corrected chi connectivity index (χ1v) is 4.34. The summed E-state index contributed by atoms with van der Waals surface area (Å²) < 4.78 is 4.90. The van der Waals surface area contributed by atoms with Crippen molar-refractivity contribution in [2.45, 2.75) is 13.8 Å². The molecule has 2 aromatic rings. The zero-order chi connectivity index (χ0) is 10.1. The van der Waals surface area contributed by atoms with Gasteiger partial charge in [0.15, 0.2) is 0 Å². The highest BCUT2D eigenvalue weighted by molar-refractivity contribution is 5.67. The Morgan fingerprint density at radius 2 is 2.14 bits per heavy atom. The average molecular weight is 189 g/mol. The molecular formula is C10H11N3O. The van der Waals surface area contributed by atoms with E-state index in [0.29, 0.717) is 5.88 Å². The van der Waals surface area contributed by atoms with Gasteiger partial charge in [-0.15, -0.1) is 0 Å². The molecule has 0 aliphatic heterocycles. The van der Waals surface area contributed by atoms with E-state index in [0.717, 1.165) is 22.5 Å². The molecule has 0 spiro atoms. The van der Waals surface area contributed by atoms with E-state index in [1.807, 2.05) is 26.0 Å². The number of aryl methyl sites for hydroxylation is 1. The van der Waals surface area contributed by atoms with Crippen LogP contribution in [0.15, 0.2) is 22.9 Å². The number of anilines is 1. The first-order valence-electron chi connectivity index (χ1n) is 4.34. The maximum Gasteiger partial charge on any atom is 0.225 e. The molecule has 0 radical (unpaired) electrons. The predicted octanol–water partition coefficient (Wildman–Crippen LogP) is 1.94. The molecule has 0 aliphatic carbocycles. The van der Waals surface area contributed by atoms with Gasteiger partial charge in [-0.1, -0.05) is 5.16 Å². The average Bonchev–Trinajstić information content (AvgIpc) is 2.49. The summed E-state index contributed by atoms with van der Waals surface area (Å²) in [6.07, 6.45) is 1.75. The second-order valence-electron chi connectivity index (χ2n) is 3.16. The van der Waals surface area contributed by atoms with Crippen LogP contribution in [0.2, 0.25) is 0 Å². The van der Waals surface area contributed by atoms with Crippen molar-refractivity contribution in [2.75, 3.05) is 5.73 Å². The highest BCUT2D eigenvalue weighted by Crippen LogP contribution is 2.27. The number of aromatic nitrogens is 2. The van der Waals surface area contributed by atoms with Crippen LogP contribution < -0.4 is 5.73 Å². The van der Waals surface area contributed by atoms with Gasteiger partial charge in [-0.25, -0.2) is 0 Å². The van der Waals surface area contributed by atoms with Crippen molar-refractivity contribution in [1.82, 2.24) is 10.1 Å². The summed E-state index contributed by atoms with van der Waals surface area (Å²) in [5.41, 5.74) is 9.10. The van der Waals surface area contributed by atoms with Gasteiger partial charge in [0.1, 0.15) is 5.69 Å². The van der Waals surface area contributed by atoms with Gasteiger partial charge in [-0.05, 0) is 26.0 Å². The van der Waals surface area contributed by atoms with E-state index in [4.69, 9.17) is 10.3 Å². The zero-order valence-electron chi connectivity index (χ0n) is 8.11. The van der Waals surface area contributed by atoms with E-state index >= 15 is 0 Å². The van der Waals surface area contributed by atoms with E-state index in [2.05, 4.69) is 10.1 Å². The number of pyridine rings is 1. The Kier molecular flexibility index (Phi) is 1.96. The minimum atomic E-state index is 0.364. The van der Waals surface area contributed by atoms with Crippen molar-refractivity contribution in [3.63, 3.8) is 0 Å². The number of nitrogens with two attached hydrogens (primary N) is 1. The lowest BCUT2D eigenvalue weighted by Gasteiger charge is -2.00. The monoisotopic (exact) mass is 189 g/mol. The van der Waals surface area contributed by atoms with Gasteiger partial charge in [0.05, 0.1) is 0 Å². The molecule has 0 atom stereocenters. The zero-order valence-corrected chi connectivity index (χ0v) is 8.11. The molecule has 0 aliphatic rings. The van der Waals surface area contributed by atoms with Gasteiger partial charge in [0.25, 0.3) is 0 Å². The number of hydrogen-bond donors (Lipinski definition) is 1.